The molecule has 1 unspecified atom stereocenters. The smallest absolute Gasteiger partial charge is 0.109 e. The van der Waals surface area contributed by atoms with Gasteiger partial charge in [-0.1, -0.05) is 0 Å². The molecule has 108 valence electrons. The fourth-order valence-corrected chi connectivity index (χ4v) is 2.45. The minimum Gasteiger partial charge on any atom is -0.395 e. The van der Waals surface area contributed by atoms with Gasteiger partial charge in [0, 0.05) is 0 Å². The first kappa shape index (κ1) is 15.7. The molecule has 1 rings (SSSR count). The van der Waals surface area contributed by atoms with Crippen molar-refractivity contribution in [1.82, 2.24) is 4.90 Å². The average Bonchev–Trinajstić information content (AvgIpc) is 2.38. The van der Waals surface area contributed by atoms with Crippen LogP contribution in [0.3, 0.4) is 0 Å². The fraction of sp³-hybridized carbons (Fsp3) is 1.00. The Hall–Kier alpha value is -0.320. The molecule has 0 amide bonds. The molecule has 8 heteroatoms. The van der Waals surface area contributed by atoms with E-state index in [0.29, 0.717) is 0 Å². The summed E-state index contributed by atoms with van der Waals surface area (Å²) in [5.74, 6) is 0. The van der Waals surface area contributed by atoms with Crippen LogP contribution in [0.15, 0.2) is 0 Å². The second-order valence-electron chi connectivity index (χ2n) is 4.44. The number of likely N-dealkylation sites (tertiary alicyclic amines) is 1. The number of nitrogens with zero attached hydrogens (tertiary/aromatic N) is 1. The summed E-state index contributed by atoms with van der Waals surface area (Å²) in [5, 5.41) is 66.0. The summed E-state index contributed by atoms with van der Waals surface area (Å²) >= 11 is 0. The fourth-order valence-electron chi connectivity index (χ4n) is 2.45. The summed E-state index contributed by atoms with van der Waals surface area (Å²) < 4.78 is 0. The normalized spacial score (nSPS) is 38.3. The molecular formula is C10H21NO7. The van der Waals surface area contributed by atoms with Crippen LogP contribution in [0.4, 0.5) is 0 Å². The van der Waals surface area contributed by atoms with Gasteiger partial charge < -0.3 is 35.7 Å². The molecule has 0 aromatic rings. The molecule has 0 bridgehead atoms. The van der Waals surface area contributed by atoms with E-state index in [9.17, 15) is 25.5 Å². The van der Waals surface area contributed by atoms with Crippen LogP contribution in [0.1, 0.15) is 0 Å². The van der Waals surface area contributed by atoms with Crippen LogP contribution in [0.25, 0.3) is 0 Å². The Morgan fingerprint density at radius 3 is 1.39 bits per heavy atom. The topological polar surface area (TPSA) is 145 Å². The van der Waals surface area contributed by atoms with Crippen molar-refractivity contribution in [1.29, 1.82) is 0 Å². The highest BCUT2D eigenvalue weighted by atomic mass is 16.4. The molecule has 1 fully saturated rings. The lowest BCUT2D eigenvalue weighted by atomic mass is 9.87. The molecule has 7 N–H and O–H groups in total. The van der Waals surface area contributed by atoms with Crippen LogP contribution in [0.2, 0.25) is 0 Å². The summed E-state index contributed by atoms with van der Waals surface area (Å²) in [7, 11) is 0. The molecule has 0 spiro atoms. The second kappa shape index (κ2) is 6.73. The molecule has 1 aliphatic heterocycles. The zero-order valence-electron chi connectivity index (χ0n) is 9.87. The van der Waals surface area contributed by atoms with Gasteiger partial charge in [-0.3, -0.25) is 4.90 Å². The molecule has 0 aromatic carbocycles. The highest BCUT2D eigenvalue weighted by Gasteiger charge is 2.49. The Labute approximate surface area is 104 Å². The first-order chi connectivity index (χ1) is 8.53. The van der Waals surface area contributed by atoms with E-state index in [0.717, 1.165) is 0 Å². The van der Waals surface area contributed by atoms with Crippen molar-refractivity contribution in [2.45, 2.75) is 36.4 Å². The molecule has 0 aliphatic carbocycles. The van der Waals surface area contributed by atoms with E-state index in [2.05, 4.69) is 0 Å². The predicted octanol–water partition coefficient (Wildman–Crippen LogP) is -4.54. The Balaban J connectivity index is 3.04. The largest absolute Gasteiger partial charge is 0.395 e. The van der Waals surface area contributed by atoms with E-state index < -0.39 is 62.9 Å². The Morgan fingerprint density at radius 2 is 1.11 bits per heavy atom. The zero-order valence-corrected chi connectivity index (χ0v) is 9.87. The lowest BCUT2D eigenvalue weighted by Gasteiger charge is -2.50. The quantitative estimate of drug-likeness (QED) is 0.264. The van der Waals surface area contributed by atoms with E-state index in [1.807, 2.05) is 0 Å². The Morgan fingerprint density at radius 1 is 0.722 bits per heavy atom. The van der Waals surface area contributed by atoms with Crippen LogP contribution >= 0.6 is 0 Å². The lowest BCUT2D eigenvalue weighted by Crippen LogP contribution is -2.71. The maximum Gasteiger partial charge on any atom is 0.109 e. The van der Waals surface area contributed by atoms with E-state index in [1.165, 1.54) is 4.90 Å². The highest BCUT2D eigenvalue weighted by Crippen LogP contribution is 2.26. The van der Waals surface area contributed by atoms with Gasteiger partial charge in [0.1, 0.15) is 18.3 Å². The number of aliphatic hydroxyl groups excluding tert-OH is 7. The van der Waals surface area contributed by atoms with Crippen molar-refractivity contribution >= 4 is 0 Å². The predicted molar refractivity (Wildman–Crippen MR) is 59.6 cm³/mol. The van der Waals surface area contributed by atoms with Gasteiger partial charge in [-0.2, -0.15) is 0 Å². The SMILES string of the molecule is OCC(CO)N1[C@H](CO)[C@H](O)C(O)[C@H](O)[C@H]1CO. The Bertz CT molecular complexity index is 232. The van der Waals surface area contributed by atoms with Gasteiger partial charge in [0.25, 0.3) is 0 Å². The van der Waals surface area contributed by atoms with Gasteiger partial charge in [0.05, 0.1) is 44.6 Å². The maximum atomic E-state index is 9.77. The Kier molecular flexibility index (Phi) is 5.89. The summed E-state index contributed by atoms with van der Waals surface area (Å²) in [6.45, 7) is -2.03. The summed E-state index contributed by atoms with van der Waals surface area (Å²) in [5.41, 5.74) is 0. The molecule has 18 heavy (non-hydrogen) atoms. The van der Waals surface area contributed by atoms with E-state index >= 15 is 0 Å². The maximum absolute atomic E-state index is 9.77. The molecule has 0 aromatic heterocycles. The number of rotatable bonds is 5. The molecule has 1 heterocycles. The third-order valence-corrected chi connectivity index (χ3v) is 3.47. The first-order valence-corrected chi connectivity index (χ1v) is 5.78. The van der Waals surface area contributed by atoms with Crippen molar-refractivity contribution in [3.05, 3.63) is 0 Å². The minimum atomic E-state index is -1.51. The van der Waals surface area contributed by atoms with Crippen LogP contribution in [0, 0.1) is 0 Å². The third-order valence-electron chi connectivity index (χ3n) is 3.47. The molecule has 0 radical (unpaired) electrons. The number of hydrogen-bond acceptors (Lipinski definition) is 8. The van der Waals surface area contributed by atoms with Crippen LogP contribution in [0.5, 0.6) is 0 Å². The molecule has 1 aliphatic rings. The van der Waals surface area contributed by atoms with Gasteiger partial charge in [-0.05, 0) is 0 Å². The van der Waals surface area contributed by atoms with Gasteiger partial charge in [0.15, 0.2) is 0 Å². The van der Waals surface area contributed by atoms with Crippen molar-refractivity contribution < 1.29 is 35.7 Å². The highest BCUT2D eigenvalue weighted by molar-refractivity contribution is 5.02. The lowest BCUT2D eigenvalue weighted by molar-refractivity contribution is -0.193. The van der Waals surface area contributed by atoms with Crippen LogP contribution < -0.4 is 0 Å². The monoisotopic (exact) mass is 267 g/mol. The second-order valence-corrected chi connectivity index (χ2v) is 4.44. The van der Waals surface area contributed by atoms with Gasteiger partial charge in [-0.25, -0.2) is 0 Å². The third kappa shape index (κ3) is 2.65. The summed E-state index contributed by atoms with van der Waals surface area (Å²) in [4.78, 5) is 1.25. The van der Waals surface area contributed by atoms with Gasteiger partial charge in [-0.15, -0.1) is 0 Å². The standard InChI is InChI=1S/C10H21NO7/c12-1-5(2-13)11-6(3-14)8(16)10(18)9(17)7(11)4-15/h5-10,12-18H,1-4H2/t6-,7-,8-,9+,10?/m1/s1. The van der Waals surface area contributed by atoms with Crippen molar-refractivity contribution in [2.24, 2.45) is 0 Å². The zero-order chi connectivity index (χ0) is 13.9. The van der Waals surface area contributed by atoms with E-state index in [4.69, 9.17) is 10.2 Å². The molecule has 1 saturated heterocycles. The van der Waals surface area contributed by atoms with Gasteiger partial charge >= 0.3 is 0 Å². The number of aliphatic hydroxyl groups is 7. The van der Waals surface area contributed by atoms with E-state index in [-0.39, 0.29) is 0 Å². The molecule has 5 atom stereocenters. The van der Waals surface area contributed by atoms with E-state index in [1.54, 1.807) is 0 Å². The summed E-state index contributed by atoms with van der Waals surface area (Å²) in [6.07, 6.45) is -4.38. The van der Waals surface area contributed by atoms with Crippen molar-refractivity contribution in [3.8, 4) is 0 Å². The first-order valence-electron chi connectivity index (χ1n) is 5.78. The van der Waals surface area contributed by atoms with Crippen molar-refractivity contribution in [2.75, 3.05) is 26.4 Å². The molecular weight excluding hydrogens is 246 g/mol. The molecule has 8 nitrogen and oxygen atoms in total. The average molecular weight is 267 g/mol. The van der Waals surface area contributed by atoms with Crippen LogP contribution in [-0.4, -0.2) is 104 Å². The molecule has 0 saturated carbocycles. The minimum absolute atomic E-state index is 0.473. The van der Waals surface area contributed by atoms with Gasteiger partial charge in [0.2, 0.25) is 0 Å². The summed E-state index contributed by atoms with van der Waals surface area (Å²) in [6, 6.07) is -2.81. The number of piperidine rings is 1. The van der Waals surface area contributed by atoms with Crippen LogP contribution in [-0.2, 0) is 0 Å². The number of hydrogen-bond donors (Lipinski definition) is 7. The van der Waals surface area contributed by atoms with Crippen molar-refractivity contribution in [3.63, 3.8) is 0 Å².